The number of hydrogen-bond donors (Lipinski definition) is 1. The number of ether oxygens (including phenoxy) is 1. The topological polar surface area (TPSA) is 162 Å². The molecule has 12 nitrogen and oxygen atoms in total. The Morgan fingerprint density at radius 3 is 2.14 bits per heavy atom. The molecular formula is C23H14N4O8. The summed E-state index contributed by atoms with van der Waals surface area (Å²) in [6.45, 7) is 0. The highest BCUT2D eigenvalue weighted by Crippen LogP contribution is 2.29. The molecule has 35 heavy (non-hydrogen) atoms. The van der Waals surface area contributed by atoms with Crippen LogP contribution in [0, 0.1) is 20.2 Å². The van der Waals surface area contributed by atoms with Crippen LogP contribution in [0.1, 0.15) is 15.9 Å². The van der Waals surface area contributed by atoms with Crippen molar-refractivity contribution in [1.29, 1.82) is 0 Å². The molecule has 0 atom stereocenters. The van der Waals surface area contributed by atoms with Crippen LogP contribution in [-0.4, -0.2) is 27.6 Å². The molecule has 2 amide bonds. The molecule has 4 rings (SSSR count). The second-order valence-corrected chi connectivity index (χ2v) is 7.15. The van der Waals surface area contributed by atoms with E-state index in [0.717, 1.165) is 41.4 Å². The average Bonchev–Trinajstić information content (AvgIpc) is 3.13. The van der Waals surface area contributed by atoms with E-state index < -0.39 is 27.6 Å². The van der Waals surface area contributed by atoms with Gasteiger partial charge in [0.15, 0.2) is 0 Å². The van der Waals surface area contributed by atoms with Crippen molar-refractivity contribution in [3.8, 4) is 5.75 Å². The number of anilines is 1. The Morgan fingerprint density at radius 1 is 0.886 bits per heavy atom. The summed E-state index contributed by atoms with van der Waals surface area (Å²) in [5, 5.41) is 23.1. The van der Waals surface area contributed by atoms with Crippen molar-refractivity contribution in [3.05, 3.63) is 110 Å². The van der Waals surface area contributed by atoms with Crippen molar-refractivity contribution in [2.45, 2.75) is 0 Å². The minimum absolute atomic E-state index is 0.0162. The Hall–Kier alpha value is -5.39. The van der Waals surface area contributed by atoms with Crippen LogP contribution in [-0.2, 0) is 9.59 Å². The number of nitrogens with one attached hydrogen (secondary N) is 1. The van der Waals surface area contributed by atoms with Gasteiger partial charge in [0.1, 0.15) is 11.3 Å². The quantitative estimate of drug-likeness (QED) is 0.142. The fourth-order valence-corrected chi connectivity index (χ4v) is 3.20. The zero-order valence-corrected chi connectivity index (χ0v) is 17.6. The second-order valence-electron chi connectivity index (χ2n) is 7.15. The molecule has 1 fully saturated rings. The van der Waals surface area contributed by atoms with Gasteiger partial charge in [-0.05, 0) is 36.4 Å². The first-order valence-electron chi connectivity index (χ1n) is 9.92. The molecule has 12 heteroatoms. The maximum absolute atomic E-state index is 12.9. The van der Waals surface area contributed by atoms with Crippen molar-refractivity contribution in [2.75, 3.05) is 5.01 Å². The van der Waals surface area contributed by atoms with Gasteiger partial charge in [-0.25, -0.2) is 9.80 Å². The highest BCUT2D eigenvalue weighted by atomic mass is 16.6. The van der Waals surface area contributed by atoms with Crippen molar-refractivity contribution in [3.63, 3.8) is 0 Å². The standard InChI is InChI=1S/C23H14N4O8/c28-21-19(22(29)25(24-21)16-4-2-1-3-5-16)13-15-12-18(27(33)34)10-11-20(15)35-23(30)14-6-8-17(9-7-14)26(31)32/h1-13H,(H,24,28). The smallest absolute Gasteiger partial charge is 0.343 e. The van der Waals surface area contributed by atoms with E-state index in [2.05, 4.69) is 5.43 Å². The van der Waals surface area contributed by atoms with Crippen LogP contribution >= 0.6 is 0 Å². The summed E-state index contributed by atoms with van der Waals surface area (Å²) in [6, 6.07) is 16.2. The lowest BCUT2D eigenvalue weighted by Gasteiger charge is -2.13. The fourth-order valence-electron chi connectivity index (χ4n) is 3.20. The van der Waals surface area contributed by atoms with Crippen LogP contribution in [0.15, 0.2) is 78.4 Å². The number of rotatable bonds is 6. The number of para-hydroxylation sites is 1. The SMILES string of the molecule is O=C1NN(c2ccccc2)C(=O)C1=Cc1cc([N+](=O)[O-])ccc1OC(=O)c1ccc([N+](=O)[O-])cc1. The average molecular weight is 474 g/mol. The van der Waals surface area contributed by atoms with Crippen LogP contribution in [0.25, 0.3) is 6.08 Å². The van der Waals surface area contributed by atoms with Crippen molar-refractivity contribution < 1.29 is 29.0 Å². The molecular weight excluding hydrogens is 460 g/mol. The molecule has 0 aliphatic carbocycles. The molecule has 1 heterocycles. The number of esters is 1. The number of hydrogen-bond acceptors (Lipinski definition) is 8. The molecule has 1 saturated heterocycles. The van der Waals surface area contributed by atoms with Gasteiger partial charge >= 0.3 is 5.97 Å². The molecule has 0 aromatic heterocycles. The van der Waals surface area contributed by atoms with Gasteiger partial charge in [0.25, 0.3) is 23.2 Å². The molecule has 0 unspecified atom stereocenters. The van der Waals surface area contributed by atoms with E-state index in [1.165, 1.54) is 12.1 Å². The summed E-state index contributed by atoms with van der Waals surface area (Å²) >= 11 is 0. The number of nitro groups is 2. The number of nitro benzene ring substituents is 2. The number of non-ortho nitro benzene ring substituents is 2. The molecule has 3 aromatic carbocycles. The molecule has 1 aliphatic rings. The van der Waals surface area contributed by atoms with Crippen molar-refractivity contribution in [1.82, 2.24) is 5.43 Å². The van der Waals surface area contributed by atoms with E-state index in [4.69, 9.17) is 4.74 Å². The third-order valence-electron chi connectivity index (χ3n) is 4.93. The normalized spacial score (nSPS) is 14.1. The first kappa shape index (κ1) is 22.8. The molecule has 174 valence electrons. The van der Waals surface area contributed by atoms with Crippen LogP contribution in [0.4, 0.5) is 17.1 Å². The third-order valence-corrected chi connectivity index (χ3v) is 4.93. The molecule has 3 aromatic rings. The highest BCUT2D eigenvalue weighted by molar-refractivity contribution is 6.31. The Labute approximate surface area is 196 Å². The van der Waals surface area contributed by atoms with E-state index >= 15 is 0 Å². The van der Waals surface area contributed by atoms with E-state index in [1.54, 1.807) is 30.3 Å². The lowest BCUT2D eigenvalue weighted by molar-refractivity contribution is -0.385. The molecule has 0 bridgehead atoms. The Morgan fingerprint density at radius 2 is 1.51 bits per heavy atom. The summed E-state index contributed by atoms with van der Waals surface area (Å²) in [6.07, 6.45) is 1.09. The third kappa shape index (κ3) is 4.71. The van der Waals surface area contributed by atoms with Gasteiger partial charge in [-0.15, -0.1) is 0 Å². The van der Waals surface area contributed by atoms with Gasteiger partial charge < -0.3 is 4.74 Å². The first-order valence-corrected chi connectivity index (χ1v) is 9.92. The monoisotopic (exact) mass is 474 g/mol. The predicted octanol–water partition coefficient (Wildman–Crippen LogP) is 3.18. The number of hydrazine groups is 1. The van der Waals surface area contributed by atoms with Gasteiger partial charge in [-0.3, -0.25) is 35.2 Å². The fraction of sp³-hybridized carbons (Fsp3) is 0. The summed E-state index contributed by atoms with van der Waals surface area (Å²) in [5.41, 5.74) is 1.81. The van der Waals surface area contributed by atoms with E-state index in [9.17, 15) is 34.6 Å². The van der Waals surface area contributed by atoms with Crippen LogP contribution in [0.2, 0.25) is 0 Å². The second kappa shape index (κ2) is 9.23. The maximum Gasteiger partial charge on any atom is 0.343 e. The lowest BCUT2D eigenvalue weighted by atomic mass is 10.1. The number of amides is 2. The molecule has 0 radical (unpaired) electrons. The Bertz CT molecular complexity index is 1400. The minimum atomic E-state index is -0.901. The number of carbonyl (C=O) groups is 3. The minimum Gasteiger partial charge on any atom is -0.422 e. The van der Waals surface area contributed by atoms with E-state index in [-0.39, 0.29) is 33.8 Å². The highest BCUT2D eigenvalue weighted by Gasteiger charge is 2.34. The largest absolute Gasteiger partial charge is 0.422 e. The van der Waals surface area contributed by atoms with Gasteiger partial charge in [-0.2, -0.15) is 0 Å². The van der Waals surface area contributed by atoms with Crippen LogP contribution in [0.3, 0.4) is 0 Å². The Balaban J connectivity index is 1.68. The molecule has 1 N–H and O–H groups in total. The van der Waals surface area contributed by atoms with Gasteiger partial charge in [0.05, 0.1) is 21.1 Å². The van der Waals surface area contributed by atoms with Crippen LogP contribution in [0.5, 0.6) is 5.75 Å². The molecule has 0 saturated carbocycles. The number of carbonyl (C=O) groups excluding carboxylic acids is 3. The predicted molar refractivity (Wildman–Crippen MR) is 121 cm³/mol. The summed E-state index contributed by atoms with van der Waals surface area (Å²) in [7, 11) is 0. The van der Waals surface area contributed by atoms with Gasteiger partial charge in [-0.1, -0.05) is 18.2 Å². The van der Waals surface area contributed by atoms with Crippen molar-refractivity contribution >= 4 is 40.9 Å². The number of benzene rings is 3. The van der Waals surface area contributed by atoms with Gasteiger partial charge in [0, 0.05) is 29.8 Å². The Kier molecular flexibility index (Phi) is 6.01. The number of nitrogens with zero attached hydrogens (tertiary/aromatic N) is 3. The van der Waals surface area contributed by atoms with E-state index in [0.29, 0.717) is 5.69 Å². The van der Waals surface area contributed by atoms with Crippen molar-refractivity contribution in [2.24, 2.45) is 0 Å². The lowest BCUT2D eigenvalue weighted by Crippen LogP contribution is -2.35. The summed E-state index contributed by atoms with van der Waals surface area (Å²) in [4.78, 5) is 58.7. The summed E-state index contributed by atoms with van der Waals surface area (Å²) in [5.74, 6) is -2.52. The molecule has 0 spiro atoms. The van der Waals surface area contributed by atoms with Gasteiger partial charge in [0.2, 0.25) is 0 Å². The summed E-state index contributed by atoms with van der Waals surface area (Å²) < 4.78 is 5.33. The first-order chi connectivity index (χ1) is 16.7. The maximum atomic E-state index is 12.9. The van der Waals surface area contributed by atoms with E-state index in [1.807, 2.05) is 0 Å². The zero-order valence-electron chi connectivity index (χ0n) is 17.6. The van der Waals surface area contributed by atoms with Crippen LogP contribution < -0.4 is 15.2 Å². The zero-order chi connectivity index (χ0) is 25.1. The molecule has 1 aliphatic heterocycles.